The normalized spacial score (nSPS) is 11.1. The summed E-state index contributed by atoms with van der Waals surface area (Å²) in [6.07, 6.45) is 3.70. The molecule has 3 nitrogen and oxygen atoms in total. The van der Waals surface area contributed by atoms with Crippen LogP contribution >= 0.6 is 11.8 Å². The maximum atomic E-state index is 12.8. The van der Waals surface area contributed by atoms with E-state index in [1.165, 1.54) is 23.9 Å². The SMILES string of the molecule is Fc1ccc(CSc2nnc(/C=C/c3ccccc3)o2)cc1. The molecule has 0 spiro atoms. The summed E-state index contributed by atoms with van der Waals surface area (Å²) < 4.78 is 18.4. The Morgan fingerprint density at radius 1 is 0.955 bits per heavy atom. The lowest BCUT2D eigenvalue weighted by molar-refractivity contribution is 0.446. The third kappa shape index (κ3) is 4.05. The van der Waals surface area contributed by atoms with Crippen molar-refractivity contribution >= 4 is 23.9 Å². The Morgan fingerprint density at radius 3 is 2.50 bits per heavy atom. The first kappa shape index (κ1) is 14.5. The van der Waals surface area contributed by atoms with Gasteiger partial charge in [-0.3, -0.25) is 0 Å². The van der Waals surface area contributed by atoms with Crippen LogP contribution in [0.4, 0.5) is 4.39 Å². The Bertz CT molecular complexity index is 754. The second-order valence-corrected chi connectivity index (χ2v) is 5.49. The molecule has 5 heteroatoms. The van der Waals surface area contributed by atoms with Crippen LogP contribution in [-0.2, 0) is 5.75 Å². The fourth-order valence-corrected chi connectivity index (χ4v) is 2.53. The van der Waals surface area contributed by atoms with Crippen LogP contribution in [-0.4, -0.2) is 10.2 Å². The van der Waals surface area contributed by atoms with Crippen molar-refractivity contribution in [3.05, 3.63) is 77.4 Å². The van der Waals surface area contributed by atoms with Crippen LogP contribution in [0.3, 0.4) is 0 Å². The molecule has 22 heavy (non-hydrogen) atoms. The summed E-state index contributed by atoms with van der Waals surface area (Å²) in [6, 6.07) is 16.3. The van der Waals surface area contributed by atoms with Crippen LogP contribution in [0.5, 0.6) is 0 Å². The lowest BCUT2D eigenvalue weighted by Crippen LogP contribution is -1.81. The second-order valence-electron chi connectivity index (χ2n) is 4.57. The van der Waals surface area contributed by atoms with E-state index in [2.05, 4.69) is 10.2 Å². The van der Waals surface area contributed by atoms with Gasteiger partial charge in [-0.15, -0.1) is 10.2 Å². The van der Waals surface area contributed by atoms with Gasteiger partial charge < -0.3 is 4.42 Å². The number of halogens is 1. The Hall–Kier alpha value is -2.40. The van der Waals surface area contributed by atoms with Crippen molar-refractivity contribution in [1.82, 2.24) is 10.2 Å². The molecule has 0 N–H and O–H groups in total. The Balaban J connectivity index is 1.59. The molecule has 0 aliphatic rings. The van der Waals surface area contributed by atoms with Gasteiger partial charge in [0.05, 0.1) is 0 Å². The molecule has 0 fully saturated rings. The standard InChI is InChI=1S/C17H13FN2OS/c18-15-9-6-14(7-10-15)12-22-17-20-19-16(21-17)11-8-13-4-2-1-3-5-13/h1-11H,12H2/b11-8+. The van der Waals surface area contributed by atoms with Gasteiger partial charge in [-0.05, 0) is 29.3 Å². The molecule has 0 aliphatic heterocycles. The van der Waals surface area contributed by atoms with Crippen molar-refractivity contribution in [1.29, 1.82) is 0 Å². The quantitative estimate of drug-likeness (QED) is 0.642. The van der Waals surface area contributed by atoms with Crippen molar-refractivity contribution in [3.63, 3.8) is 0 Å². The summed E-state index contributed by atoms with van der Waals surface area (Å²) in [5.74, 6) is 0.884. The minimum atomic E-state index is -0.236. The average molecular weight is 312 g/mol. The van der Waals surface area contributed by atoms with E-state index < -0.39 is 0 Å². The Labute approximate surface area is 131 Å². The van der Waals surface area contributed by atoms with Crippen LogP contribution in [0.25, 0.3) is 12.2 Å². The van der Waals surface area contributed by atoms with E-state index in [0.717, 1.165) is 11.1 Å². The highest BCUT2D eigenvalue weighted by molar-refractivity contribution is 7.98. The van der Waals surface area contributed by atoms with Crippen molar-refractivity contribution in [2.45, 2.75) is 11.0 Å². The topological polar surface area (TPSA) is 38.9 Å². The Kier molecular flexibility index (Phi) is 4.65. The fourth-order valence-electron chi connectivity index (χ4n) is 1.80. The number of benzene rings is 2. The van der Waals surface area contributed by atoms with Crippen molar-refractivity contribution in [2.75, 3.05) is 0 Å². The van der Waals surface area contributed by atoms with Gasteiger partial charge in [0.25, 0.3) is 5.22 Å². The molecule has 3 aromatic rings. The molecule has 1 aromatic heterocycles. The second kappa shape index (κ2) is 7.04. The lowest BCUT2D eigenvalue weighted by Gasteiger charge is -1.97. The first-order chi connectivity index (χ1) is 10.8. The van der Waals surface area contributed by atoms with E-state index in [-0.39, 0.29) is 5.82 Å². The minimum absolute atomic E-state index is 0.236. The largest absolute Gasteiger partial charge is 0.412 e. The van der Waals surface area contributed by atoms with Crippen molar-refractivity contribution in [3.8, 4) is 0 Å². The summed E-state index contributed by atoms with van der Waals surface area (Å²) in [6.45, 7) is 0. The monoisotopic (exact) mass is 312 g/mol. The molecule has 0 saturated carbocycles. The molecular formula is C17H13FN2OS. The van der Waals surface area contributed by atoms with Gasteiger partial charge in [-0.1, -0.05) is 54.2 Å². The van der Waals surface area contributed by atoms with Crippen LogP contribution < -0.4 is 0 Å². The summed E-state index contributed by atoms with van der Waals surface area (Å²) in [5, 5.41) is 8.45. The summed E-state index contributed by atoms with van der Waals surface area (Å²) in [4.78, 5) is 0. The number of hydrogen-bond donors (Lipinski definition) is 0. The van der Waals surface area contributed by atoms with Gasteiger partial charge in [0.2, 0.25) is 5.89 Å². The minimum Gasteiger partial charge on any atom is -0.412 e. The van der Waals surface area contributed by atoms with E-state index in [1.54, 1.807) is 18.2 Å². The number of rotatable bonds is 5. The van der Waals surface area contributed by atoms with E-state index in [0.29, 0.717) is 16.9 Å². The number of thioether (sulfide) groups is 1. The molecule has 0 amide bonds. The van der Waals surface area contributed by atoms with E-state index in [4.69, 9.17) is 4.42 Å². The van der Waals surface area contributed by atoms with Gasteiger partial charge in [0.15, 0.2) is 0 Å². The van der Waals surface area contributed by atoms with Crippen LogP contribution in [0.1, 0.15) is 17.0 Å². The molecular weight excluding hydrogens is 299 g/mol. The average Bonchev–Trinajstić information content (AvgIpc) is 3.01. The molecule has 3 rings (SSSR count). The van der Waals surface area contributed by atoms with Gasteiger partial charge >= 0.3 is 0 Å². The fraction of sp³-hybridized carbons (Fsp3) is 0.0588. The third-order valence-corrected chi connectivity index (χ3v) is 3.81. The van der Waals surface area contributed by atoms with Crippen LogP contribution in [0.15, 0.2) is 64.2 Å². The molecule has 0 radical (unpaired) electrons. The molecule has 0 unspecified atom stereocenters. The third-order valence-electron chi connectivity index (χ3n) is 2.92. The maximum Gasteiger partial charge on any atom is 0.277 e. The highest BCUT2D eigenvalue weighted by Crippen LogP contribution is 2.22. The first-order valence-electron chi connectivity index (χ1n) is 6.73. The number of nitrogens with zero attached hydrogens (tertiary/aromatic N) is 2. The molecule has 0 saturated heterocycles. The summed E-state index contributed by atoms with van der Waals surface area (Å²) >= 11 is 1.43. The summed E-state index contributed by atoms with van der Waals surface area (Å²) in [7, 11) is 0. The maximum absolute atomic E-state index is 12.8. The molecule has 0 bridgehead atoms. The zero-order valence-electron chi connectivity index (χ0n) is 11.6. The van der Waals surface area contributed by atoms with Gasteiger partial charge in [0, 0.05) is 11.8 Å². The zero-order chi connectivity index (χ0) is 15.2. The van der Waals surface area contributed by atoms with Crippen molar-refractivity contribution in [2.24, 2.45) is 0 Å². The first-order valence-corrected chi connectivity index (χ1v) is 7.72. The highest BCUT2D eigenvalue weighted by Gasteiger charge is 2.05. The molecule has 1 heterocycles. The molecule has 0 atom stereocenters. The number of hydrogen-bond acceptors (Lipinski definition) is 4. The highest BCUT2D eigenvalue weighted by atomic mass is 32.2. The van der Waals surface area contributed by atoms with E-state index in [1.807, 2.05) is 36.4 Å². The van der Waals surface area contributed by atoms with Gasteiger partial charge in [-0.2, -0.15) is 0 Å². The zero-order valence-corrected chi connectivity index (χ0v) is 12.5. The predicted octanol–water partition coefficient (Wildman–Crippen LogP) is 4.67. The lowest BCUT2D eigenvalue weighted by atomic mass is 10.2. The summed E-state index contributed by atoms with van der Waals surface area (Å²) in [5.41, 5.74) is 2.08. The predicted molar refractivity (Wildman–Crippen MR) is 85.6 cm³/mol. The van der Waals surface area contributed by atoms with Gasteiger partial charge in [0.1, 0.15) is 5.82 Å². The van der Waals surface area contributed by atoms with Crippen LogP contribution in [0, 0.1) is 5.82 Å². The van der Waals surface area contributed by atoms with Crippen LogP contribution in [0.2, 0.25) is 0 Å². The van der Waals surface area contributed by atoms with Crippen molar-refractivity contribution < 1.29 is 8.81 Å². The molecule has 2 aromatic carbocycles. The molecule has 110 valence electrons. The van der Waals surface area contributed by atoms with E-state index in [9.17, 15) is 4.39 Å². The molecule has 0 aliphatic carbocycles. The van der Waals surface area contributed by atoms with E-state index >= 15 is 0 Å². The number of aromatic nitrogens is 2. The Morgan fingerprint density at radius 2 is 1.73 bits per heavy atom. The smallest absolute Gasteiger partial charge is 0.277 e. The van der Waals surface area contributed by atoms with Gasteiger partial charge in [-0.25, -0.2) is 4.39 Å².